The molecule has 14 aromatic rings. The van der Waals surface area contributed by atoms with Gasteiger partial charge in [-0.15, -0.1) is 22.7 Å². The molecule has 4 aromatic heterocycles. The van der Waals surface area contributed by atoms with Crippen LogP contribution in [-0.4, -0.2) is 9.13 Å². The molecule has 3 nitrogen and oxygen atoms in total. The average molecular weight is 1070 g/mol. The number of hydrogen-bond donors (Lipinski definition) is 0. The van der Waals surface area contributed by atoms with Crippen LogP contribution in [0, 0.1) is 20.8 Å². The standard InChI is InChI=1S/C45H34N2S.C15H17N.C13H10S.C2H6/c1-27-17-20-35-37(23-27)45(2,3)38-26-41(30-11-5-6-14-34(30)44(35)38)47(29-18-21-33-32-13-8-10-16-42(32)48-43(33)25-29)28-19-22-40-36(24-28)31-12-7-9-15-39(31)46(40)4;1-5-7-12-13-10-11(3)8-9-15(13)16(4)14(12)6-2;1-9-6-7-11-10-4-2-3-5-12(10)14-13(11)8-9;1-2/h5-26H,1-4H3;5-10H,2H2,1,3-4H3;2-8H,1H3;1-2H3/b;7-5-;;. The summed E-state index contributed by atoms with van der Waals surface area (Å²) in [4.78, 5) is 2.51. The molecule has 0 spiro atoms. The maximum Gasteiger partial charge on any atom is 0.0543 e. The summed E-state index contributed by atoms with van der Waals surface area (Å²) >= 11 is 3.75. The summed E-state index contributed by atoms with van der Waals surface area (Å²) in [6.45, 7) is 21.2. The number of allylic oxidation sites excluding steroid dienone is 1. The van der Waals surface area contributed by atoms with Crippen molar-refractivity contribution in [2.45, 2.75) is 60.8 Å². The Morgan fingerprint density at radius 1 is 0.450 bits per heavy atom. The average Bonchev–Trinajstić information content (AvgIpc) is 4.44. The lowest BCUT2D eigenvalue weighted by Crippen LogP contribution is -2.17. The SMILES string of the molecule is C=Cc1c(/C=C\C)c2cc(C)ccc2n1C.CC.Cc1ccc2c(c1)C(C)(C)c1cc(N(c3ccc4c(c3)sc3ccccc34)c3ccc4c(c3)c3ccccc3n4C)c3ccccc3c1-2.Cc1ccc2c(c1)sc1ccccc12. The Balaban J connectivity index is 0.000000161. The largest absolute Gasteiger partial charge is 0.344 e. The molecule has 0 N–H and O–H groups in total. The highest BCUT2D eigenvalue weighted by Gasteiger charge is 2.38. The van der Waals surface area contributed by atoms with Gasteiger partial charge in [0.15, 0.2) is 0 Å². The maximum absolute atomic E-state index is 3.90. The summed E-state index contributed by atoms with van der Waals surface area (Å²) in [5, 5.41) is 11.8. The van der Waals surface area contributed by atoms with Gasteiger partial charge in [0.1, 0.15) is 0 Å². The van der Waals surface area contributed by atoms with Crippen molar-refractivity contribution in [3.05, 3.63) is 246 Å². The quantitative estimate of drug-likeness (QED) is 0.167. The van der Waals surface area contributed by atoms with E-state index in [2.05, 4.69) is 276 Å². The Morgan fingerprint density at radius 2 is 0.963 bits per heavy atom. The van der Waals surface area contributed by atoms with Crippen molar-refractivity contribution in [2.75, 3.05) is 4.90 Å². The van der Waals surface area contributed by atoms with Gasteiger partial charge in [0.25, 0.3) is 0 Å². The lowest BCUT2D eigenvalue weighted by atomic mass is 9.81. The second kappa shape index (κ2) is 21.0. The Hall–Kier alpha value is -8.48. The van der Waals surface area contributed by atoms with Crippen LogP contribution in [-0.2, 0) is 19.5 Å². The van der Waals surface area contributed by atoms with Gasteiger partial charge in [0.05, 0.1) is 5.69 Å². The number of fused-ring (bicyclic) bond motifs is 15. The zero-order valence-corrected chi connectivity index (χ0v) is 49.2. The number of rotatable bonds is 5. The molecular weight excluding hydrogens is 1010 g/mol. The molecule has 10 aromatic carbocycles. The number of para-hydroxylation sites is 1. The van der Waals surface area contributed by atoms with E-state index in [0.717, 1.165) is 5.69 Å². The van der Waals surface area contributed by atoms with Crippen LogP contribution in [0.1, 0.15) is 73.7 Å². The van der Waals surface area contributed by atoms with Gasteiger partial charge in [-0.3, -0.25) is 0 Å². The Bertz CT molecular complexity index is 4760. The topological polar surface area (TPSA) is 13.1 Å². The molecule has 5 heteroatoms. The second-order valence-electron chi connectivity index (χ2n) is 21.6. The molecule has 4 heterocycles. The highest BCUT2D eigenvalue weighted by Crippen LogP contribution is 2.55. The van der Waals surface area contributed by atoms with Crippen LogP contribution in [0.4, 0.5) is 17.1 Å². The van der Waals surface area contributed by atoms with Crippen LogP contribution < -0.4 is 4.90 Å². The minimum Gasteiger partial charge on any atom is -0.344 e. The number of aryl methyl sites for hydroxylation is 5. The number of anilines is 3. The molecule has 0 amide bonds. The van der Waals surface area contributed by atoms with Crippen LogP contribution in [0.5, 0.6) is 0 Å². The van der Waals surface area contributed by atoms with Crippen molar-refractivity contribution in [2.24, 2.45) is 14.1 Å². The van der Waals surface area contributed by atoms with E-state index in [1.54, 1.807) is 0 Å². The molecule has 0 saturated heterocycles. The number of benzene rings is 10. The number of thiophene rings is 2. The van der Waals surface area contributed by atoms with Crippen molar-refractivity contribution >= 4 is 136 Å². The minimum atomic E-state index is -0.129. The predicted molar refractivity (Wildman–Crippen MR) is 356 cm³/mol. The van der Waals surface area contributed by atoms with Gasteiger partial charge in [-0.25, -0.2) is 0 Å². The van der Waals surface area contributed by atoms with Crippen molar-refractivity contribution in [3.63, 3.8) is 0 Å². The molecule has 0 aliphatic heterocycles. The zero-order valence-electron chi connectivity index (χ0n) is 47.6. The van der Waals surface area contributed by atoms with Gasteiger partial charge in [0, 0.05) is 121 Å². The van der Waals surface area contributed by atoms with Gasteiger partial charge < -0.3 is 14.0 Å². The van der Waals surface area contributed by atoms with Crippen molar-refractivity contribution in [1.29, 1.82) is 0 Å². The lowest BCUT2D eigenvalue weighted by molar-refractivity contribution is 0.660. The monoisotopic (exact) mass is 1070 g/mol. The Labute approximate surface area is 478 Å². The highest BCUT2D eigenvalue weighted by atomic mass is 32.1. The smallest absolute Gasteiger partial charge is 0.0543 e. The molecule has 80 heavy (non-hydrogen) atoms. The molecule has 0 saturated carbocycles. The number of aromatic nitrogens is 2. The fraction of sp³-hybridized carbons (Fsp3) is 0.147. The number of nitrogens with zero attached hydrogens (tertiary/aromatic N) is 3. The van der Waals surface area contributed by atoms with Crippen molar-refractivity contribution in [3.8, 4) is 11.1 Å². The fourth-order valence-electron chi connectivity index (χ4n) is 12.5. The van der Waals surface area contributed by atoms with Crippen LogP contribution >= 0.6 is 22.7 Å². The second-order valence-corrected chi connectivity index (χ2v) is 23.8. The van der Waals surface area contributed by atoms with E-state index in [9.17, 15) is 0 Å². The van der Waals surface area contributed by atoms with E-state index in [-0.39, 0.29) is 5.41 Å². The maximum atomic E-state index is 3.90. The van der Waals surface area contributed by atoms with E-state index in [1.807, 2.05) is 49.5 Å². The first-order valence-corrected chi connectivity index (χ1v) is 29.6. The van der Waals surface area contributed by atoms with Crippen LogP contribution in [0.25, 0.3) is 107 Å². The van der Waals surface area contributed by atoms with E-state index in [4.69, 9.17) is 0 Å². The van der Waals surface area contributed by atoms with Crippen molar-refractivity contribution < 1.29 is 0 Å². The summed E-state index contributed by atoms with van der Waals surface area (Å²) in [6.07, 6.45) is 6.15. The van der Waals surface area contributed by atoms with Gasteiger partial charge in [0.2, 0.25) is 0 Å². The molecule has 1 aliphatic rings. The molecule has 0 fully saturated rings. The van der Waals surface area contributed by atoms with Crippen LogP contribution in [0.15, 0.2) is 207 Å². The third kappa shape index (κ3) is 8.72. The summed E-state index contributed by atoms with van der Waals surface area (Å²) in [5.74, 6) is 0. The van der Waals surface area contributed by atoms with E-state index in [0.29, 0.717) is 0 Å². The Kier molecular flexibility index (Phi) is 13.7. The van der Waals surface area contributed by atoms with Crippen LogP contribution in [0.3, 0.4) is 0 Å². The van der Waals surface area contributed by atoms with Gasteiger partial charge >= 0.3 is 0 Å². The molecule has 0 bridgehead atoms. The van der Waals surface area contributed by atoms with Gasteiger partial charge in [-0.2, -0.15) is 0 Å². The highest BCUT2D eigenvalue weighted by molar-refractivity contribution is 7.26. The van der Waals surface area contributed by atoms with E-state index < -0.39 is 0 Å². The van der Waals surface area contributed by atoms with Gasteiger partial charge in [-0.1, -0.05) is 179 Å². The van der Waals surface area contributed by atoms with Gasteiger partial charge in [-0.05, 0) is 140 Å². The third-order valence-electron chi connectivity index (χ3n) is 16.3. The molecular formula is C75H67N3S2. The lowest BCUT2D eigenvalue weighted by Gasteiger charge is -2.30. The zero-order chi connectivity index (χ0) is 55.6. The predicted octanol–water partition coefficient (Wildman–Crippen LogP) is 22.5. The molecule has 0 radical (unpaired) electrons. The molecule has 0 atom stereocenters. The fourth-order valence-corrected chi connectivity index (χ4v) is 14.8. The Morgan fingerprint density at radius 3 is 1.66 bits per heavy atom. The van der Waals surface area contributed by atoms with Crippen LogP contribution in [0.2, 0.25) is 0 Å². The van der Waals surface area contributed by atoms with E-state index in [1.165, 1.54) is 145 Å². The summed E-state index contributed by atoms with van der Waals surface area (Å²) in [7, 11) is 4.26. The number of hydrogen-bond acceptors (Lipinski definition) is 3. The summed E-state index contributed by atoms with van der Waals surface area (Å²) in [5.41, 5.74) is 19.1. The normalized spacial score (nSPS) is 12.5. The first-order chi connectivity index (χ1) is 38.9. The minimum absolute atomic E-state index is 0.129. The molecule has 394 valence electrons. The molecule has 1 aliphatic carbocycles. The molecule has 0 unspecified atom stereocenters. The summed E-state index contributed by atoms with van der Waals surface area (Å²) < 4.78 is 9.91. The molecule has 15 rings (SSSR count). The van der Waals surface area contributed by atoms with E-state index >= 15 is 0 Å². The third-order valence-corrected chi connectivity index (χ3v) is 18.6. The first kappa shape index (κ1) is 52.2. The van der Waals surface area contributed by atoms with Crippen molar-refractivity contribution in [1.82, 2.24) is 9.13 Å². The summed E-state index contributed by atoms with van der Waals surface area (Å²) in [6, 6.07) is 71.9. The first-order valence-electron chi connectivity index (χ1n) is 28.0.